The van der Waals surface area contributed by atoms with Gasteiger partial charge in [0, 0.05) is 47.2 Å². The van der Waals surface area contributed by atoms with Crippen molar-refractivity contribution in [3.8, 4) is 11.4 Å². The Balaban J connectivity index is 1.53. The van der Waals surface area contributed by atoms with Crippen LogP contribution in [0.15, 0.2) is 47.3 Å². The third-order valence-corrected chi connectivity index (χ3v) is 7.29. The lowest BCUT2D eigenvalue weighted by Gasteiger charge is -2.34. The molecular formula is C30H34N6O4. The first kappa shape index (κ1) is 27.0. The van der Waals surface area contributed by atoms with Gasteiger partial charge in [0.25, 0.3) is 17.4 Å². The number of anilines is 1. The molecule has 0 radical (unpaired) electrons. The van der Waals surface area contributed by atoms with Crippen molar-refractivity contribution < 1.29 is 14.3 Å². The zero-order valence-electron chi connectivity index (χ0n) is 23.6. The molecule has 1 aliphatic heterocycles. The summed E-state index contributed by atoms with van der Waals surface area (Å²) in [5.74, 6) is 0.759. The third kappa shape index (κ3) is 4.81. The fourth-order valence-corrected chi connectivity index (χ4v) is 5.20. The summed E-state index contributed by atoms with van der Waals surface area (Å²) in [7, 11) is 3.19. The number of amides is 2. The molecule has 2 aromatic carbocycles. The minimum absolute atomic E-state index is 0.00757. The SMILES string of the molecule is CNC(=O)c1ccc(-n2c(NC(C)C)nc3c(c2=O)C[C@@H](C)N(C(=O)c2cc4c(C)cc(OC)cc4[nH]2)C3)cc1. The molecule has 0 saturated carbocycles. The molecule has 3 heterocycles. The standard InChI is InChI=1S/C30H34N6O4/c1-16(2)32-30-34-26-15-35(29(39)25-14-22-17(3)11-21(40-6)13-24(22)33-25)18(4)12-23(26)28(38)36(30)20-9-7-19(8-10-20)27(37)31-5/h7-11,13-14,16,18,33H,12,15H2,1-6H3,(H,31,37)(H,32,34)/t18-/m1/s1. The van der Waals surface area contributed by atoms with Gasteiger partial charge in [0.05, 0.1) is 25.0 Å². The average Bonchev–Trinajstić information content (AvgIpc) is 3.37. The van der Waals surface area contributed by atoms with Crippen LogP contribution in [-0.4, -0.2) is 57.5 Å². The van der Waals surface area contributed by atoms with Gasteiger partial charge < -0.3 is 25.3 Å². The number of aromatic nitrogens is 3. The Morgan fingerprint density at radius 2 is 1.88 bits per heavy atom. The first-order valence-electron chi connectivity index (χ1n) is 13.3. The number of hydrogen-bond donors (Lipinski definition) is 3. The Morgan fingerprint density at radius 1 is 1.15 bits per heavy atom. The van der Waals surface area contributed by atoms with Gasteiger partial charge in [-0.2, -0.15) is 0 Å². The van der Waals surface area contributed by atoms with E-state index in [1.807, 2.05) is 45.9 Å². The minimum Gasteiger partial charge on any atom is -0.497 e. The minimum atomic E-state index is -0.218. The number of methoxy groups -OCH3 is 1. The maximum absolute atomic E-state index is 13.9. The number of benzene rings is 2. The second kappa shape index (κ2) is 10.5. The molecule has 0 saturated heterocycles. The molecule has 0 aliphatic carbocycles. The highest BCUT2D eigenvalue weighted by Crippen LogP contribution is 2.28. The number of ether oxygens (including phenoxy) is 1. The van der Waals surface area contributed by atoms with Crippen molar-refractivity contribution in [2.75, 3.05) is 19.5 Å². The lowest BCUT2D eigenvalue weighted by atomic mass is 9.99. The van der Waals surface area contributed by atoms with Crippen molar-refractivity contribution in [1.29, 1.82) is 0 Å². The molecule has 40 heavy (non-hydrogen) atoms. The van der Waals surface area contributed by atoms with Crippen LogP contribution in [0.5, 0.6) is 5.75 Å². The van der Waals surface area contributed by atoms with Crippen molar-refractivity contribution in [2.24, 2.45) is 0 Å². The monoisotopic (exact) mass is 542 g/mol. The summed E-state index contributed by atoms with van der Waals surface area (Å²) < 4.78 is 6.93. The van der Waals surface area contributed by atoms with Crippen LogP contribution in [0.4, 0.5) is 5.95 Å². The van der Waals surface area contributed by atoms with Crippen LogP contribution in [-0.2, 0) is 13.0 Å². The molecule has 5 rings (SSSR count). The molecule has 4 aromatic rings. The highest BCUT2D eigenvalue weighted by molar-refractivity contribution is 5.99. The van der Waals surface area contributed by atoms with Crippen molar-refractivity contribution >= 4 is 28.7 Å². The molecule has 1 aliphatic rings. The number of H-pyrrole nitrogens is 1. The summed E-state index contributed by atoms with van der Waals surface area (Å²) >= 11 is 0. The number of carbonyl (C=O) groups is 2. The predicted octanol–water partition coefficient (Wildman–Crippen LogP) is 3.80. The van der Waals surface area contributed by atoms with E-state index in [4.69, 9.17) is 9.72 Å². The quantitative estimate of drug-likeness (QED) is 0.341. The number of aromatic amines is 1. The van der Waals surface area contributed by atoms with E-state index >= 15 is 0 Å². The number of carbonyl (C=O) groups excluding carboxylic acids is 2. The van der Waals surface area contributed by atoms with E-state index in [0.717, 1.165) is 22.2 Å². The third-order valence-electron chi connectivity index (χ3n) is 7.29. The van der Waals surface area contributed by atoms with Gasteiger partial charge in [-0.1, -0.05) is 0 Å². The van der Waals surface area contributed by atoms with E-state index < -0.39 is 0 Å². The van der Waals surface area contributed by atoms with Crippen molar-refractivity contribution in [1.82, 2.24) is 24.8 Å². The number of fused-ring (bicyclic) bond motifs is 2. The van der Waals surface area contributed by atoms with Gasteiger partial charge in [0.15, 0.2) is 0 Å². The molecule has 0 fully saturated rings. The smallest absolute Gasteiger partial charge is 0.270 e. The number of nitrogens with one attached hydrogen (secondary N) is 3. The average molecular weight is 543 g/mol. The molecule has 0 spiro atoms. The van der Waals surface area contributed by atoms with Gasteiger partial charge >= 0.3 is 0 Å². The Bertz CT molecular complexity index is 1670. The second-order valence-electron chi connectivity index (χ2n) is 10.5. The van der Waals surface area contributed by atoms with E-state index in [2.05, 4.69) is 15.6 Å². The highest BCUT2D eigenvalue weighted by Gasteiger charge is 2.32. The largest absolute Gasteiger partial charge is 0.497 e. The maximum Gasteiger partial charge on any atom is 0.270 e. The summed E-state index contributed by atoms with van der Waals surface area (Å²) in [4.78, 5) is 49.5. The van der Waals surface area contributed by atoms with Gasteiger partial charge in [-0.3, -0.25) is 14.4 Å². The lowest BCUT2D eigenvalue weighted by Crippen LogP contribution is -2.46. The van der Waals surface area contributed by atoms with Gasteiger partial charge in [-0.25, -0.2) is 9.55 Å². The van der Waals surface area contributed by atoms with Gasteiger partial charge in [-0.05, 0) is 76.1 Å². The van der Waals surface area contributed by atoms with E-state index in [1.165, 1.54) is 0 Å². The van der Waals surface area contributed by atoms with Crippen LogP contribution in [0.25, 0.3) is 16.6 Å². The van der Waals surface area contributed by atoms with Crippen LogP contribution in [0.2, 0.25) is 0 Å². The Morgan fingerprint density at radius 3 is 2.52 bits per heavy atom. The number of nitrogens with zero attached hydrogens (tertiary/aromatic N) is 3. The molecule has 2 amide bonds. The van der Waals surface area contributed by atoms with Crippen molar-refractivity contribution in [2.45, 2.75) is 52.7 Å². The number of rotatable bonds is 6. The predicted molar refractivity (Wildman–Crippen MR) is 155 cm³/mol. The Hall–Kier alpha value is -4.60. The number of hydrogen-bond acceptors (Lipinski definition) is 6. The summed E-state index contributed by atoms with van der Waals surface area (Å²) in [5, 5.41) is 6.85. The fraction of sp³-hybridized carbons (Fsp3) is 0.333. The molecule has 1 atom stereocenters. The second-order valence-corrected chi connectivity index (χ2v) is 10.5. The van der Waals surface area contributed by atoms with Crippen molar-refractivity contribution in [3.63, 3.8) is 0 Å². The van der Waals surface area contributed by atoms with E-state index in [0.29, 0.717) is 40.6 Å². The molecule has 3 N–H and O–H groups in total. The van der Waals surface area contributed by atoms with E-state index in [1.54, 1.807) is 47.9 Å². The molecule has 10 nitrogen and oxygen atoms in total. The zero-order valence-corrected chi connectivity index (χ0v) is 23.6. The molecule has 2 aromatic heterocycles. The number of aryl methyl sites for hydroxylation is 1. The fourth-order valence-electron chi connectivity index (χ4n) is 5.20. The van der Waals surface area contributed by atoms with Crippen LogP contribution in [0, 0.1) is 6.92 Å². The normalized spacial score (nSPS) is 14.8. The summed E-state index contributed by atoms with van der Waals surface area (Å²) in [6.45, 7) is 8.08. The van der Waals surface area contributed by atoms with E-state index in [9.17, 15) is 14.4 Å². The lowest BCUT2D eigenvalue weighted by molar-refractivity contribution is 0.0648. The Kier molecular flexibility index (Phi) is 7.10. The topological polar surface area (TPSA) is 121 Å². The van der Waals surface area contributed by atoms with Crippen molar-refractivity contribution in [3.05, 3.63) is 80.9 Å². The molecule has 0 unspecified atom stereocenters. The Labute approximate surface area is 232 Å². The van der Waals surface area contributed by atoms with E-state index in [-0.39, 0.29) is 36.0 Å². The van der Waals surface area contributed by atoms with Gasteiger partial charge in [-0.15, -0.1) is 0 Å². The summed E-state index contributed by atoms with van der Waals surface area (Å²) in [6.07, 6.45) is 0.373. The van der Waals surface area contributed by atoms with Crippen LogP contribution >= 0.6 is 0 Å². The van der Waals surface area contributed by atoms with Crippen LogP contribution < -0.4 is 20.9 Å². The van der Waals surface area contributed by atoms with Crippen LogP contribution in [0.1, 0.15) is 58.4 Å². The van der Waals surface area contributed by atoms with Gasteiger partial charge in [0.1, 0.15) is 11.4 Å². The van der Waals surface area contributed by atoms with Crippen LogP contribution in [0.3, 0.4) is 0 Å². The first-order valence-corrected chi connectivity index (χ1v) is 13.3. The summed E-state index contributed by atoms with van der Waals surface area (Å²) in [6, 6.07) is 12.3. The molecule has 208 valence electrons. The summed E-state index contributed by atoms with van der Waals surface area (Å²) in [5.41, 5.74) is 4.39. The van der Waals surface area contributed by atoms with Gasteiger partial charge in [0.2, 0.25) is 5.95 Å². The first-order chi connectivity index (χ1) is 19.1. The highest BCUT2D eigenvalue weighted by atomic mass is 16.5. The molecule has 0 bridgehead atoms. The maximum atomic E-state index is 13.9. The molecular weight excluding hydrogens is 508 g/mol. The molecule has 10 heteroatoms. The zero-order chi connectivity index (χ0) is 28.7.